The molecule has 0 unspecified atom stereocenters. The second-order valence-corrected chi connectivity index (χ2v) is 7.44. The summed E-state index contributed by atoms with van der Waals surface area (Å²) in [4.78, 5) is 22.0. The lowest BCUT2D eigenvalue weighted by molar-refractivity contribution is 0.0997. The molecule has 0 spiro atoms. The number of methoxy groups -OCH3 is 1. The molecule has 1 amide bonds. The molecule has 0 radical (unpaired) electrons. The summed E-state index contributed by atoms with van der Waals surface area (Å²) in [7, 11) is 1.66. The molecular weight excluding hydrogens is 354 g/mol. The Balaban J connectivity index is 1.80. The zero-order chi connectivity index (χ0) is 17.2. The zero-order valence-corrected chi connectivity index (χ0v) is 15.1. The van der Waals surface area contributed by atoms with Crippen LogP contribution in [-0.4, -0.2) is 29.2 Å². The Bertz CT molecular complexity index is 1090. The molecule has 0 saturated heterocycles. The molecular formula is C18H15N3O2S2. The fourth-order valence-corrected chi connectivity index (χ4v) is 4.51. The van der Waals surface area contributed by atoms with Crippen molar-refractivity contribution in [2.24, 2.45) is 4.99 Å². The summed E-state index contributed by atoms with van der Waals surface area (Å²) in [5.41, 5.74) is 1.88. The molecule has 0 atom stereocenters. The first-order valence-corrected chi connectivity index (χ1v) is 9.41. The van der Waals surface area contributed by atoms with Crippen LogP contribution in [0.4, 0.5) is 0 Å². The van der Waals surface area contributed by atoms with E-state index in [0.717, 1.165) is 20.4 Å². The van der Waals surface area contributed by atoms with Crippen LogP contribution in [-0.2, 0) is 11.3 Å². The monoisotopic (exact) mass is 369 g/mol. The number of carbonyl (C=O) groups is 1. The van der Waals surface area contributed by atoms with Crippen molar-refractivity contribution in [3.05, 3.63) is 58.3 Å². The summed E-state index contributed by atoms with van der Waals surface area (Å²) in [6, 6.07) is 15.8. The van der Waals surface area contributed by atoms with Gasteiger partial charge in [-0.25, -0.2) is 4.98 Å². The Kier molecular flexibility index (Phi) is 4.44. The van der Waals surface area contributed by atoms with E-state index in [4.69, 9.17) is 4.74 Å². The van der Waals surface area contributed by atoms with Gasteiger partial charge in [-0.15, -0.1) is 11.3 Å². The number of carbonyl (C=O) groups excluding carboxylic acids is 1. The number of hydrogen-bond acceptors (Lipinski definition) is 5. The summed E-state index contributed by atoms with van der Waals surface area (Å²) < 4.78 is 9.30. The molecule has 2 aromatic carbocycles. The number of fused-ring (bicyclic) bond motifs is 2. The van der Waals surface area contributed by atoms with Crippen molar-refractivity contribution in [2.45, 2.75) is 6.54 Å². The minimum absolute atomic E-state index is 0.307. The molecule has 0 bridgehead atoms. The maximum atomic E-state index is 12.6. The van der Waals surface area contributed by atoms with Gasteiger partial charge in [0.2, 0.25) is 0 Å². The summed E-state index contributed by atoms with van der Waals surface area (Å²) in [6.45, 7) is 1.20. The van der Waals surface area contributed by atoms with Crippen LogP contribution in [0.2, 0.25) is 0 Å². The first kappa shape index (κ1) is 16.1. The highest BCUT2D eigenvalue weighted by Gasteiger charge is 2.13. The van der Waals surface area contributed by atoms with E-state index in [2.05, 4.69) is 9.98 Å². The van der Waals surface area contributed by atoms with E-state index >= 15 is 0 Å². The highest BCUT2D eigenvalue weighted by molar-refractivity contribution is 7.20. The molecule has 0 aliphatic rings. The Morgan fingerprint density at radius 2 is 1.88 bits per heavy atom. The average molecular weight is 369 g/mol. The lowest BCUT2D eigenvalue weighted by atomic mass is 10.3. The number of thiazole rings is 2. The number of nitrogens with zero attached hydrogens (tertiary/aromatic N) is 3. The van der Waals surface area contributed by atoms with Gasteiger partial charge in [-0.2, -0.15) is 4.99 Å². The third kappa shape index (κ3) is 3.13. The quantitative estimate of drug-likeness (QED) is 0.551. The highest BCUT2D eigenvalue weighted by atomic mass is 32.1. The van der Waals surface area contributed by atoms with Gasteiger partial charge in [0.05, 0.1) is 27.0 Å². The Labute approximate surface area is 151 Å². The predicted molar refractivity (Wildman–Crippen MR) is 101 cm³/mol. The van der Waals surface area contributed by atoms with Crippen LogP contribution in [0.25, 0.3) is 20.4 Å². The molecule has 25 heavy (non-hydrogen) atoms. The van der Waals surface area contributed by atoms with E-state index in [1.54, 1.807) is 7.11 Å². The summed E-state index contributed by atoms with van der Waals surface area (Å²) in [6.07, 6.45) is 0. The Hall–Kier alpha value is -2.35. The van der Waals surface area contributed by atoms with Crippen molar-refractivity contribution < 1.29 is 9.53 Å². The highest BCUT2D eigenvalue weighted by Crippen LogP contribution is 2.22. The molecule has 7 heteroatoms. The summed E-state index contributed by atoms with van der Waals surface area (Å²) >= 11 is 2.87. The number of rotatable bonds is 4. The van der Waals surface area contributed by atoms with E-state index in [0.29, 0.717) is 23.0 Å². The summed E-state index contributed by atoms with van der Waals surface area (Å²) in [5, 5.41) is 0.414. The number of ether oxygens (including phenoxy) is 1. The van der Waals surface area contributed by atoms with Crippen LogP contribution in [0.1, 0.15) is 9.80 Å². The van der Waals surface area contributed by atoms with Crippen molar-refractivity contribution in [2.75, 3.05) is 13.7 Å². The molecule has 4 aromatic rings. The molecule has 0 aliphatic carbocycles. The maximum Gasteiger partial charge on any atom is 0.308 e. The molecule has 2 aromatic heterocycles. The number of para-hydroxylation sites is 2. The van der Waals surface area contributed by atoms with Gasteiger partial charge in [-0.3, -0.25) is 4.79 Å². The smallest absolute Gasteiger partial charge is 0.308 e. The largest absolute Gasteiger partial charge is 0.383 e. The van der Waals surface area contributed by atoms with Crippen molar-refractivity contribution in [3.8, 4) is 0 Å². The minimum Gasteiger partial charge on any atom is -0.383 e. The molecule has 0 fully saturated rings. The first-order valence-electron chi connectivity index (χ1n) is 7.78. The molecule has 126 valence electrons. The summed E-state index contributed by atoms with van der Waals surface area (Å²) in [5.74, 6) is -0.307. The number of hydrogen-bond donors (Lipinski definition) is 0. The second-order valence-electron chi connectivity index (χ2n) is 5.40. The SMILES string of the molecule is COCCn1c(=NC(=O)c2nc3ccccc3s2)sc2ccccc21. The standard InChI is InChI=1S/C18H15N3O2S2/c1-23-11-10-21-13-7-3-5-9-15(13)25-18(21)20-16(22)17-19-12-6-2-4-8-14(12)24-17/h2-9H,10-11H2,1H3. The van der Waals surface area contributed by atoms with Gasteiger partial charge in [0.15, 0.2) is 9.81 Å². The predicted octanol–water partition coefficient (Wildman–Crippen LogP) is 3.70. The molecule has 0 N–H and O–H groups in total. The van der Waals surface area contributed by atoms with Crippen LogP contribution in [0, 0.1) is 0 Å². The zero-order valence-electron chi connectivity index (χ0n) is 13.5. The van der Waals surface area contributed by atoms with E-state index in [1.165, 1.54) is 22.7 Å². The van der Waals surface area contributed by atoms with Gasteiger partial charge >= 0.3 is 5.91 Å². The lowest BCUT2D eigenvalue weighted by Crippen LogP contribution is -2.19. The van der Waals surface area contributed by atoms with Crippen LogP contribution < -0.4 is 4.80 Å². The molecule has 2 heterocycles. The lowest BCUT2D eigenvalue weighted by Gasteiger charge is -2.03. The van der Waals surface area contributed by atoms with E-state index in [-0.39, 0.29) is 5.91 Å². The van der Waals surface area contributed by atoms with Gasteiger partial charge in [-0.05, 0) is 24.3 Å². The Morgan fingerprint density at radius 1 is 1.12 bits per heavy atom. The molecule has 0 saturated carbocycles. The van der Waals surface area contributed by atoms with Crippen molar-refractivity contribution >= 4 is 49.0 Å². The van der Waals surface area contributed by atoms with Gasteiger partial charge in [0.1, 0.15) is 0 Å². The third-order valence-corrected chi connectivity index (χ3v) is 5.87. The van der Waals surface area contributed by atoms with E-state index < -0.39 is 0 Å². The molecule has 0 aliphatic heterocycles. The normalized spacial score (nSPS) is 12.3. The molecule has 5 nitrogen and oxygen atoms in total. The average Bonchev–Trinajstić information content (AvgIpc) is 3.21. The fourth-order valence-electron chi connectivity index (χ4n) is 2.60. The van der Waals surface area contributed by atoms with Gasteiger partial charge in [-0.1, -0.05) is 35.6 Å². The van der Waals surface area contributed by atoms with Gasteiger partial charge in [0, 0.05) is 13.7 Å². The molecule has 4 rings (SSSR count). The first-order chi connectivity index (χ1) is 12.3. The number of benzene rings is 2. The van der Waals surface area contributed by atoms with Crippen LogP contribution in [0.15, 0.2) is 53.5 Å². The van der Waals surface area contributed by atoms with Crippen LogP contribution >= 0.6 is 22.7 Å². The maximum absolute atomic E-state index is 12.6. The number of amides is 1. The fraction of sp³-hybridized carbons (Fsp3) is 0.167. The van der Waals surface area contributed by atoms with E-state index in [1.807, 2.05) is 53.1 Å². The number of aromatic nitrogens is 2. The van der Waals surface area contributed by atoms with Crippen molar-refractivity contribution in [1.82, 2.24) is 9.55 Å². The van der Waals surface area contributed by atoms with Crippen molar-refractivity contribution in [3.63, 3.8) is 0 Å². The minimum atomic E-state index is -0.307. The second kappa shape index (κ2) is 6.87. The van der Waals surface area contributed by atoms with E-state index in [9.17, 15) is 4.79 Å². The van der Waals surface area contributed by atoms with Gasteiger partial charge in [0.25, 0.3) is 0 Å². The van der Waals surface area contributed by atoms with Crippen LogP contribution in [0.3, 0.4) is 0 Å². The third-order valence-electron chi connectivity index (χ3n) is 3.78. The van der Waals surface area contributed by atoms with Crippen molar-refractivity contribution in [1.29, 1.82) is 0 Å². The van der Waals surface area contributed by atoms with Crippen LogP contribution in [0.5, 0.6) is 0 Å². The topological polar surface area (TPSA) is 56.5 Å². The van der Waals surface area contributed by atoms with Gasteiger partial charge < -0.3 is 9.30 Å². The Morgan fingerprint density at radius 3 is 2.68 bits per heavy atom.